The lowest BCUT2D eigenvalue weighted by molar-refractivity contribution is -0.134. The molecule has 2 aromatic rings. The van der Waals surface area contributed by atoms with Crippen molar-refractivity contribution in [2.45, 2.75) is 0 Å². The van der Waals surface area contributed by atoms with E-state index in [1.165, 1.54) is 6.33 Å². The van der Waals surface area contributed by atoms with Crippen LogP contribution in [0.5, 0.6) is 0 Å². The van der Waals surface area contributed by atoms with Crippen molar-refractivity contribution in [3.05, 3.63) is 27.4 Å². The van der Waals surface area contributed by atoms with E-state index in [0.29, 0.717) is 5.82 Å². The van der Waals surface area contributed by atoms with Crippen molar-refractivity contribution >= 4 is 54.5 Å². The summed E-state index contributed by atoms with van der Waals surface area (Å²) in [7, 11) is 0. The van der Waals surface area contributed by atoms with Gasteiger partial charge in [-0.25, -0.2) is 9.97 Å². The lowest BCUT2D eigenvalue weighted by Crippen LogP contribution is -2.13. The van der Waals surface area contributed by atoms with Crippen molar-refractivity contribution in [2.75, 3.05) is 11.9 Å². The molecule has 17 heavy (non-hydrogen) atoms. The third kappa shape index (κ3) is 2.73. The summed E-state index contributed by atoms with van der Waals surface area (Å²) in [5.41, 5.74) is 0.732. The van der Waals surface area contributed by atoms with Gasteiger partial charge in [0.1, 0.15) is 18.7 Å². The van der Waals surface area contributed by atoms with Crippen LogP contribution in [-0.4, -0.2) is 27.6 Å². The molecule has 0 aliphatic carbocycles. The highest BCUT2D eigenvalue weighted by Crippen LogP contribution is 2.29. The summed E-state index contributed by atoms with van der Waals surface area (Å²) >= 11 is 6.77. The number of rotatable bonds is 3. The molecular weight excluding hydrogens is 354 g/mol. The van der Waals surface area contributed by atoms with Gasteiger partial charge in [0.25, 0.3) is 0 Å². The van der Waals surface area contributed by atoms with Crippen molar-refractivity contribution in [3.8, 4) is 0 Å². The summed E-state index contributed by atoms with van der Waals surface area (Å²) in [6, 6.07) is 3.71. The molecule has 0 saturated heterocycles. The van der Waals surface area contributed by atoms with E-state index >= 15 is 0 Å². The van der Waals surface area contributed by atoms with E-state index in [2.05, 4.69) is 47.1 Å². The summed E-state index contributed by atoms with van der Waals surface area (Å²) in [5, 5.41) is 12.1. The Bertz CT molecular complexity index is 589. The number of halogens is 2. The van der Waals surface area contributed by atoms with E-state index in [9.17, 15) is 4.79 Å². The Kier molecular flexibility index (Phi) is 3.58. The van der Waals surface area contributed by atoms with Crippen LogP contribution in [0.2, 0.25) is 0 Å². The zero-order valence-corrected chi connectivity index (χ0v) is 11.6. The molecule has 2 N–H and O–H groups in total. The minimum Gasteiger partial charge on any atom is -0.480 e. The Morgan fingerprint density at radius 3 is 2.82 bits per heavy atom. The fourth-order valence-electron chi connectivity index (χ4n) is 1.39. The van der Waals surface area contributed by atoms with Crippen LogP contribution in [0.25, 0.3) is 10.9 Å². The minimum absolute atomic E-state index is 0.184. The normalized spacial score (nSPS) is 10.5. The van der Waals surface area contributed by atoms with Crippen molar-refractivity contribution in [1.82, 2.24) is 9.97 Å². The molecule has 0 spiro atoms. The Labute approximate surface area is 114 Å². The number of carboxylic acid groups (broad SMARTS) is 1. The highest BCUT2D eigenvalue weighted by molar-refractivity contribution is 9.11. The number of fused-ring (bicyclic) bond motifs is 1. The summed E-state index contributed by atoms with van der Waals surface area (Å²) in [4.78, 5) is 18.7. The van der Waals surface area contributed by atoms with Gasteiger partial charge >= 0.3 is 5.97 Å². The van der Waals surface area contributed by atoms with E-state index < -0.39 is 5.97 Å². The van der Waals surface area contributed by atoms with Crippen LogP contribution < -0.4 is 5.32 Å². The fraction of sp³-hybridized carbons (Fsp3) is 0.100. The maximum Gasteiger partial charge on any atom is 0.322 e. The topological polar surface area (TPSA) is 75.1 Å². The average Bonchev–Trinajstić information content (AvgIpc) is 2.26. The SMILES string of the molecule is O=C(O)CNc1ncnc2c(Br)cc(Br)cc12. The van der Waals surface area contributed by atoms with E-state index in [1.54, 1.807) is 0 Å². The first-order valence-electron chi connectivity index (χ1n) is 4.63. The second kappa shape index (κ2) is 4.97. The maximum atomic E-state index is 10.5. The van der Waals surface area contributed by atoms with Crippen molar-refractivity contribution in [1.29, 1.82) is 0 Å². The Morgan fingerprint density at radius 1 is 1.35 bits per heavy atom. The van der Waals surface area contributed by atoms with Crippen LogP contribution in [-0.2, 0) is 4.79 Å². The standard InChI is InChI=1S/C10H7Br2N3O2/c11-5-1-6-9(7(12)2-5)14-4-15-10(6)13-3-8(16)17/h1-2,4H,3H2,(H,16,17)(H,13,14,15). The molecule has 0 aliphatic heterocycles. The first-order valence-corrected chi connectivity index (χ1v) is 6.22. The Hall–Kier alpha value is -1.21. The van der Waals surface area contributed by atoms with Crippen LogP contribution >= 0.6 is 31.9 Å². The molecule has 0 radical (unpaired) electrons. The molecule has 1 heterocycles. The molecule has 7 heteroatoms. The molecule has 1 aromatic heterocycles. The number of aliphatic carboxylic acids is 1. The molecule has 0 fully saturated rings. The van der Waals surface area contributed by atoms with E-state index in [0.717, 1.165) is 19.8 Å². The monoisotopic (exact) mass is 359 g/mol. The van der Waals surface area contributed by atoms with Gasteiger partial charge in [0.15, 0.2) is 0 Å². The summed E-state index contributed by atoms with van der Waals surface area (Å²) in [6.07, 6.45) is 1.39. The molecule has 0 atom stereocenters. The summed E-state index contributed by atoms with van der Waals surface area (Å²) in [6.45, 7) is -0.184. The van der Waals surface area contributed by atoms with Crippen LogP contribution in [0.15, 0.2) is 27.4 Å². The predicted octanol–water partition coefficient (Wildman–Crippen LogP) is 2.65. The van der Waals surface area contributed by atoms with Crippen molar-refractivity contribution in [2.24, 2.45) is 0 Å². The first kappa shape index (κ1) is 12.3. The Balaban J connectivity index is 2.52. The molecule has 0 saturated carbocycles. The van der Waals surface area contributed by atoms with Crippen molar-refractivity contribution in [3.63, 3.8) is 0 Å². The van der Waals surface area contributed by atoms with Gasteiger partial charge in [0, 0.05) is 14.3 Å². The second-order valence-corrected chi connectivity index (χ2v) is 5.02. The molecule has 0 amide bonds. The lowest BCUT2D eigenvalue weighted by Gasteiger charge is -2.07. The van der Waals surface area contributed by atoms with E-state index in [-0.39, 0.29) is 6.54 Å². The second-order valence-electron chi connectivity index (χ2n) is 3.25. The first-order chi connectivity index (χ1) is 8.08. The smallest absolute Gasteiger partial charge is 0.322 e. The number of hydrogen-bond donors (Lipinski definition) is 2. The molecule has 1 aromatic carbocycles. The Morgan fingerprint density at radius 2 is 2.12 bits per heavy atom. The number of anilines is 1. The lowest BCUT2D eigenvalue weighted by atomic mass is 10.2. The maximum absolute atomic E-state index is 10.5. The largest absolute Gasteiger partial charge is 0.480 e. The zero-order chi connectivity index (χ0) is 12.4. The summed E-state index contributed by atoms with van der Waals surface area (Å²) in [5.74, 6) is -0.440. The van der Waals surface area contributed by atoms with Crippen molar-refractivity contribution < 1.29 is 9.90 Å². The zero-order valence-electron chi connectivity index (χ0n) is 8.44. The number of nitrogens with one attached hydrogen (secondary N) is 1. The number of nitrogens with zero attached hydrogens (tertiary/aromatic N) is 2. The van der Waals surface area contributed by atoms with Gasteiger partial charge in [-0.15, -0.1) is 0 Å². The molecule has 0 aliphatic rings. The van der Waals surface area contributed by atoms with E-state index in [1.807, 2.05) is 12.1 Å². The van der Waals surface area contributed by atoms with Gasteiger partial charge in [-0.3, -0.25) is 4.79 Å². The highest BCUT2D eigenvalue weighted by Gasteiger charge is 2.08. The van der Waals surface area contributed by atoms with Gasteiger partial charge in [-0.05, 0) is 28.1 Å². The van der Waals surface area contributed by atoms with Gasteiger partial charge < -0.3 is 10.4 Å². The minimum atomic E-state index is -0.939. The predicted molar refractivity (Wildman–Crippen MR) is 71.1 cm³/mol. The van der Waals surface area contributed by atoms with Crippen LogP contribution in [0, 0.1) is 0 Å². The highest BCUT2D eigenvalue weighted by atomic mass is 79.9. The molecule has 5 nitrogen and oxygen atoms in total. The number of carbonyl (C=O) groups is 1. The fourth-order valence-corrected chi connectivity index (χ4v) is 2.72. The number of carboxylic acids is 1. The number of hydrogen-bond acceptors (Lipinski definition) is 4. The molecular formula is C10H7Br2N3O2. The summed E-state index contributed by atoms with van der Waals surface area (Å²) < 4.78 is 1.69. The van der Waals surface area contributed by atoms with Gasteiger partial charge in [0.05, 0.1) is 5.52 Å². The third-order valence-corrected chi connectivity index (χ3v) is 3.13. The third-order valence-electron chi connectivity index (χ3n) is 2.06. The molecule has 0 bridgehead atoms. The van der Waals surface area contributed by atoms with Crippen LogP contribution in [0.1, 0.15) is 0 Å². The van der Waals surface area contributed by atoms with Crippen LogP contribution in [0.3, 0.4) is 0 Å². The van der Waals surface area contributed by atoms with Crippen LogP contribution in [0.4, 0.5) is 5.82 Å². The quantitative estimate of drug-likeness (QED) is 0.880. The molecule has 2 rings (SSSR count). The van der Waals surface area contributed by atoms with Gasteiger partial charge in [-0.1, -0.05) is 15.9 Å². The molecule has 88 valence electrons. The number of aromatic nitrogens is 2. The molecule has 0 unspecified atom stereocenters. The van der Waals surface area contributed by atoms with Gasteiger partial charge in [-0.2, -0.15) is 0 Å². The van der Waals surface area contributed by atoms with E-state index in [4.69, 9.17) is 5.11 Å². The average molecular weight is 361 g/mol. The number of benzene rings is 1. The van der Waals surface area contributed by atoms with Gasteiger partial charge in [0.2, 0.25) is 0 Å².